The fourth-order valence-corrected chi connectivity index (χ4v) is 3.67. The van der Waals surface area contributed by atoms with Gasteiger partial charge in [-0.3, -0.25) is 14.4 Å². The molecule has 1 aromatic carbocycles. The second-order valence-corrected chi connectivity index (χ2v) is 6.49. The molecule has 1 saturated heterocycles. The molecule has 1 fully saturated rings. The molecule has 5 heteroatoms. The highest BCUT2D eigenvalue weighted by atomic mass is 32.2. The second kappa shape index (κ2) is 6.48. The highest BCUT2D eigenvalue weighted by molar-refractivity contribution is 8.04. The van der Waals surface area contributed by atoms with Gasteiger partial charge in [0.05, 0.1) is 10.7 Å². The van der Waals surface area contributed by atoms with Crippen LogP contribution in [0.25, 0.3) is 0 Å². The number of thioether (sulfide) groups is 1. The van der Waals surface area contributed by atoms with Crippen molar-refractivity contribution in [1.82, 2.24) is 4.90 Å². The molecule has 0 bridgehead atoms. The molecule has 0 radical (unpaired) electrons. The SMILES string of the molecule is O=C1C=C(SCC(=O)N2CCCCC2)C(=O)c2ccccc21. The maximum Gasteiger partial charge on any atom is 0.232 e. The average molecular weight is 315 g/mol. The summed E-state index contributed by atoms with van der Waals surface area (Å²) in [5.74, 6) is -0.0630. The maximum absolute atomic E-state index is 12.4. The Morgan fingerprint density at radius 1 is 1.05 bits per heavy atom. The molecule has 22 heavy (non-hydrogen) atoms. The van der Waals surface area contributed by atoms with Crippen molar-refractivity contribution in [3.8, 4) is 0 Å². The summed E-state index contributed by atoms with van der Waals surface area (Å²) in [6.45, 7) is 1.60. The van der Waals surface area contributed by atoms with Crippen LogP contribution < -0.4 is 0 Å². The Morgan fingerprint density at radius 3 is 2.45 bits per heavy atom. The van der Waals surface area contributed by atoms with Gasteiger partial charge in [0.2, 0.25) is 5.91 Å². The van der Waals surface area contributed by atoms with Gasteiger partial charge in [0.25, 0.3) is 0 Å². The van der Waals surface area contributed by atoms with Crippen LogP contribution >= 0.6 is 11.8 Å². The summed E-state index contributed by atoms with van der Waals surface area (Å²) in [7, 11) is 0. The molecule has 0 atom stereocenters. The number of fused-ring (bicyclic) bond motifs is 1. The number of nitrogens with zero attached hydrogens (tertiary/aromatic N) is 1. The van der Waals surface area contributed by atoms with Gasteiger partial charge in [-0.2, -0.15) is 0 Å². The lowest BCUT2D eigenvalue weighted by Crippen LogP contribution is -2.36. The molecule has 0 spiro atoms. The Morgan fingerprint density at radius 2 is 1.73 bits per heavy atom. The molecule has 1 aliphatic heterocycles. The molecule has 2 aliphatic rings. The van der Waals surface area contributed by atoms with Gasteiger partial charge in [0, 0.05) is 30.3 Å². The molecule has 1 amide bonds. The molecular weight excluding hydrogens is 298 g/mol. The normalized spacial score (nSPS) is 18.0. The van der Waals surface area contributed by atoms with Gasteiger partial charge in [-0.15, -0.1) is 11.8 Å². The minimum Gasteiger partial charge on any atom is -0.342 e. The van der Waals surface area contributed by atoms with Gasteiger partial charge in [-0.1, -0.05) is 24.3 Å². The summed E-state index contributed by atoms with van der Waals surface area (Å²) in [5.41, 5.74) is 0.877. The van der Waals surface area contributed by atoms with Gasteiger partial charge in [-0.05, 0) is 19.3 Å². The number of hydrogen-bond acceptors (Lipinski definition) is 4. The highest BCUT2D eigenvalue weighted by Crippen LogP contribution is 2.28. The van der Waals surface area contributed by atoms with E-state index in [1.807, 2.05) is 4.90 Å². The number of likely N-dealkylation sites (tertiary alicyclic amines) is 1. The topological polar surface area (TPSA) is 54.5 Å². The van der Waals surface area contributed by atoms with Gasteiger partial charge in [0.15, 0.2) is 11.6 Å². The Hall–Kier alpha value is -1.88. The number of carbonyl (C=O) groups is 3. The molecular formula is C17H17NO3S. The molecule has 0 aromatic heterocycles. The van der Waals surface area contributed by atoms with Crippen molar-refractivity contribution in [2.24, 2.45) is 0 Å². The zero-order chi connectivity index (χ0) is 15.5. The van der Waals surface area contributed by atoms with E-state index in [4.69, 9.17) is 0 Å². The first kappa shape index (κ1) is 15.0. The number of allylic oxidation sites excluding steroid dienone is 2. The number of hydrogen-bond donors (Lipinski definition) is 0. The summed E-state index contributed by atoms with van der Waals surface area (Å²) < 4.78 is 0. The van der Waals surface area contributed by atoms with Crippen molar-refractivity contribution in [2.45, 2.75) is 19.3 Å². The minimum atomic E-state index is -0.164. The van der Waals surface area contributed by atoms with Crippen molar-refractivity contribution in [2.75, 3.05) is 18.8 Å². The predicted molar refractivity (Wildman–Crippen MR) is 86.1 cm³/mol. The number of carbonyl (C=O) groups excluding carboxylic acids is 3. The summed E-state index contributed by atoms with van der Waals surface area (Å²) in [6, 6.07) is 6.81. The third-order valence-corrected chi connectivity index (χ3v) is 4.99. The number of piperidine rings is 1. The zero-order valence-electron chi connectivity index (χ0n) is 12.2. The number of ketones is 2. The number of Topliss-reactive ketones (excluding diaryl/α,β-unsaturated/α-hetero) is 1. The summed E-state index contributed by atoms with van der Waals surface area (Å²) >= 11 is 1.17. The van der Waals surface area contributed by atoms with Gasteiger partial charge < -0.3 is 4.90 Å². The fourth-order valence-electron chi connectivity index (χ4n) is 2.77. The molecule has 1 aromatic rings. The van der Waals surface area contributed by atoms with Crippen molar-refractivity contribution in [3.63, 3.8) is 0 Å². The predicted octanol–water partition coefficient (Wildman–Crippen LogP) is 2.70. The van der Waals surface area contributed by atoms with Crippen LogP contribution in [0.1, 0.15) is 40.0 Å². The zero-order valence-corrected chi connectivity index (χ0v) is 13.0. The van der Waals surface area contributed by atoms with Crippen LogP contribution in [0.15, 0.2) is 35.2 Å². The first-order valence-electron chi connectivity index (χ1n) is 7.47. The average Bonchev–Trinajstić information content (AvgIpc) is 2.57. The molecule has 0 saturated carbocycles. The number of amides is 1. The van der Waals surface area contributed by atoms with Gasteiger partial charge in [-0.25, -0.2) is 0 Å². The van der Waals surface area contributed by atoms with Gasteiger partial charge in [0.1, 0.15) is 0 Å². The Balaban J connectivity index is 1.67. The summed E-state index contributed by atoms with van der Waals surface area (Å²) in [6.07, 6.45) is 4.62. The van der Waals surface area contributed by atoms with Crippen LogP contribution in [0.2, 0.25) is 0 Å². The molecule has 114 valence electrons. The third-order valence-electron chi connectivity index (χ3n) is 3.98. The Bertz CT molecular complexity index is 660. The van der Waals surface area contributed by atoms with Crippen molar-refractivity contribution >= 4 is 29.2 Å². The molecule has 1 heterocycles. The van der Waals surface area contributed by atoms with Crippen LogP contribution in [0.5, 0.6) is 0 Å². The van der Waals surface area contributed by atoms with E-state index in [0.29, 0.717) is 16.0 Å². The quantitative estimate of drug-likeness (QED) is 0.860. The van der Waals surface area contributed by atoms with Crippen molar-refractivity contribution < 1.29 is 14.4 Å². The van der Waals surface area contributed by atoms with Gasteiger partial charge >= 0.3 is 0 Å². The Kier molecular flexibility index (Phi) is 4.43. The second-order valence-electron chi connectivity index (χ2n) is 5.48. The van der Waals surface area contributed by atoms with E-state index < -0.39 is 0 Å². The number of rotatable bonds is 3. The third kappa shape index (κ3) is 2.99. The Labute approximate surface area is 133 Å². The maximum atomic E-state index is 12.4. The summed E-state index contributed by atoms with van der Waals surface area (Å²) in [5, 5.41) is 0. The minimum absolute atomic E-state index is 0.0460. The molecule has 3 rings (SSSR count). The lowest BCUT2D eigenvalue weighted by Gasteiger charge is -2.26. The van der Waals surface area contributed by atoms with E-state index >= 15 is 0 Å². The molecule has 0 N–H and O–H groups in total. The fraction of sp³-hybridized carbons (Fsp3) is 0.353. The van der Waals surface area contributed by atoms with Crippen LogP contribution in [-0.2, 0) is 4.79 Å². The lowest BCUT2D eigenvalue weighted by molar-refractivity contribution is -0.129. The summed E-state index contributed by atoms with van der Waals surface area (Å²) in [4.78, 5) is 38.8. The van der Waals surface area contributed by atoms with Crippen molar-refractivity contribution in [1.29, 1.82) is 0 Å². The highest BCUT2D eigenvalue weighted by Gasteiger charge is 2.26. The number of benzene rings is 1. The first-order valence-corrected chi connectivity index (χ1v) is 8.46. The molecule has 4 nitrogen and oxygen atoms in total. The lowest BCUT2D eigenvalue weighted by atomic mass is 9.95. The van der Waals surface area contributed by atoms with E-state index in [2.05, 4.69) is 0 Å². The largest absolute Gasteiger partial charge is 0.342 e. The monoisotopic (exact) mass is 315 g/mol. The van der Waals surface area contributed by atoms with Crippen LogP contribution in [0.3, 0.4) is 0 Å². The van der Waals surface area contributed by atoms with E-state index in [9.17, 15) is 14.4 Å². The standard InChI is InChI=1S/C17H17NO3S/c19-14-10-15(17(21)13-7-3-2-6-12(13)14)22-11-16(20)18-8-4-1-5-9-18/h2-3,6-7,10H,1,4-5,8-9,11H2. The molecule has 0 unspecified atom stereocenters. The van der Waals surface area contributed by atoms with E-state index in [1.165, 1.54) is 24.3 Å². The molecule has 1 aliphatic carbocycles. The van der Waals surface area contributed by atoms with E-state index in [-0.39, 0.29) is 23.2 Å². The smallest absolute Gasteiger partial charge is 0.232 e. The first-order chi connectivity index (χ1) is 10.7. The van der Waals surface area contributed by atoms with E-state index in [0.717, 1.165) is 25.9 Å². The van der Waals surface area contributed by atoms with Crippen LogP contribution in [-0.4, -0.2) is 41.2 Å². The van der Waals surface area contributed by atoms with Crippen molar-refractivity contribution in [3.05, 3.63) is 46.4 Å². The van der Waals surface area contributed by atoms with Crippen LogP contribution in [0.4, 0.5) is 0 Å². The van der Waals surface area contributed by atoms with Crippen LogP contribution in [0, 0.1) is 0 Å². The van der Waals surface area contributed by atoms with E-state index in [1.54, 1.807) is 24.3 Å².